The minimum atomic E-state index is -1.99. The lowest BCUT2D eigenvalue weighted by atomic mass is 9.68. The van der Waals surface area contributed by atoms with E-state index in [0.29, 0.717) is 6.42 Å². The number of benzene rings is 6. The lowest BCUT2D eigenvalue weighted by molar-refractivity contribution is 0.0269. The van der Waals surface area contributed by atoms with Gasteiger partial charge in [-0.15, -0.1) is 0 Å². The highest BCUT2D eigenvalue weighted by Gasteiger charge is 2.47. The topological polar surface area (TPSA) is 49.7 Å². The molecule has 1 unspecified atom stereocenters. The van der Waals surface area contributed by atoms with Crippen molar-refractivity contribution in [1.29, 1.82) is 0 Å². The summed E-state index contributed by atoms with van der Waals surface area (Å²) in [4.78, 5) is 0. The fraction of sp³-hybridized carbons (Fsp3) is 0.118. The van der Waals surface area contributed by atoms with E-state index in [-0.39, 0.29) is 5.92 Å². The number of fused-ring (bicyclic) bond motifs is 3. The van der Waals surface area contributed by atoms with Gasteiger partial charge in [0.05, 0.1) is 0 Å². The Kier molecular flexibility index (Phi) is 6.46. The molecule has 6 rings (SSSR count). The van der Waals surface area contributed by atoms with E-state index in [0.717, 1.165) is 49.0 Å². The molecule has 38 heavy (non-hydrogen) atoms. The van der Waals surface area contributed by atoms with Gasteiger partial charge >= 0.3 is 7.32 Å². The Bertz CT molecular complexity index is 1650. The maximum Gasteiger partial charge on any atom is 0.634 e. The molecule has 186 valence electrons. The van der Waals surface area contributed by atoms with Crippen LogP contribution in [0.15, 0.2) is 127 Å². The lowest BCUT2D eigenvalue weighted by Gasteiger charge is -2.43. The van der Waals surface area contributed by atoms with Gasteiger partial charge in [0.2, 0.25) is 0 Å². The summed E-state index contributed by atoms with van der Waals surface area (Å²) in [6, 6.07) is 43.5. The van der Waals surface area contributed by atoms with Crippen LogP contribution in [0.1, 0.15) is 36.0 Å². The maximum atomic E-state index is 10.6. The molecule has 0 saturated heterocycles. The van der Waals surface area contributed by atoms with Crippen molar-refractivity contribution in [3.8, 4) is 0 Å². The van der Waals surface area contributed by atoms with Crippen molar-refractivity contribution in [1.82, 2.24) is 0 Å². The summed E-state index contributed by atoms with van der Waals surface area (Å²) in [7, 11) is -1.99. The summed E-state index contributed by atoms with van der Waals surface area (Å²) in [5, 5.41) is 27.6. The molecule has 1 atom stereocenters. The van der Waals surface area contributed by atoms with Gasteiger partial charge in [-0.25, -0.2) is 0 Å². The van der Waals surface area contributed by atoms with Gasteiger partial charge in [-0.1, -0.05) is 134 Å². The Morgan fingerprint density at radius 2 is 1.00 bits per heavy atom. The molecule has 0 radical (unpaired) electrons. The van der Waals surface area contributed by atoms with Gasteiger partial charge in [0.1, 0.15) is 5.60 Å². The molecule has 6 aromatic carbocycles. The summed E-state index contributed by atoms with van der Waals surface area (Å²) in [6.07, 6.45) is 0.702. The van der Waals surface area contributed by atoms with Crippen molar-refractivity contribution in [2.24, 2.45) is 0 Å². The standard InChI is InChI=1S/C34H29BO3/c1-2-31(30-21-9-15-24-12-3-6-18-27(24)30)34(38-35(36)37,32-22-10-16-25-13-4-7-19-28(25)32)33-23-11-17-26-14-5-8-20-29(26)33/h3-23,31,36-37H,2H2,1H3. The first-order chi connectivity index (χ1) is 18.6. The highest BCUT2D eigenvalue weighted by molar-refractivity contribution is 6.33. The van der Waals surface area contributed by atoms with Crippen molar-refractivity contribution in [2.75, 3.05) is 0 Å². The molecule has 2 N–H and O–H groups in total. The van der Waals surface area contributed by atoms with E-state index in [1.807, 2.05) is 42.5 Å². The first-order valence-corrected chi connectivity index (χ1v) is 13.1. The molecule has 0 saturated carbocycles. The number of hydrogen-bond donors (Lipinski definition) is 2. The predicted molar refractivity (Wildman–Crippen MR) is 157 cm³/mol. The second-order valence-electron chi connectivity index (χ2n) is 9.76. The van der Waals surface area contributed by atoms with Gasteiger partial charge in [0.25, 0.3) is 0 Å². The zero-order chi connectivity index (χ0) is 26.1. The van der Waals surface area contributed by atoms with E-state index < -0.39 is 12.9 Å². The summed E-state index contributed by atoms with van der Waals surface area (Å²) in [5.74, 6) is -0.244. The fourth-order valence-electron chi connectivity index (χ4n) is 6.28. The predicted octanol–water partition coefficient (Wildman–Crippen LogP) is 7.57. The van der Waals surface area contributed by atoms with Gasteiger partial charge in [-0.05, 0) is 55.4 Å². The molecular formula is C34H29BO3. The highest BCUT2D eigenvalue weighted by Crippen LogP contribution is 2.52. The lowest BCUT2D eigenvalue weighted by Crippen LogP contribution is -2.43. The van der Waals surface area contributed by atoms with Crippen LogP contribution in [-0.2, 0) is 10.3 Å². The third-order valence-corrected chi connectivity index (χ3v) is 7.77. The molecule has 0 aliphatic rings. The molecular weight excluding hydrogens is 467 g/mol. The maximum absolute atomic E-state index is 10.6. The van der Waals surface area contributed by atoms with E-state index in [4.69, 9.17) is 4.65 Å². The first kappa shape index (κ1) is 24.4. The molecule has 6 aromatic rings. The molecule has 3 nitrogen and oxygen atoms in total. The van der Waals surface area contributed by atoms with Gasteiger partial charge in [0.15, 0.2) is 0 Å². The molecule has 0 amide bonds. The first-order valence-electron chi connectivity index (χ1n) is 13.1. The smallest absolute Gasteiger partial charge is 0.402 e. The third-order valence-electron chi connectivity index (χ3n) is 7.77. The van der Waals surface area contributed by atoms with Crippen LogP contribution in [0.2, 0.25) is 0 Å². The highest BCUT2D eigenvalue weighted by atomic mass is 16.6. The van der Waals surface area contributed by atoms with Crippen LogP contribution >= 0.6 is 0 Å². The molecule has 0 heterocycles. The minimum absolute atomic E-state index is 0.244. The quantitative estimate of drug-likeness (QED) is 0.224. The second-order valence-corrected chi connectivity index (χ2v) is 9.76. The van der Waals surface area contributed by atoms with E-state index in [1.54, 1.807) is 0 Å². The number of rotatable bonds is 7. The monoisotopic (exact) mass is 496 g/mol. The fourth-order valence-corrected chi connectivity index (χ4v) is 6.28. The Hall–Kier alpha value is -3.96. The third kappa shape index (κ3) is 3.98. The van der Waals surface area contributed by atoms with Crippen LogP contribution in [0, 0.1) is 0 Å². The van der Waals surface area contributed by atoms with Crippen LogP contribution in [0.25, 0.3) is 32.3 Å². The second kappa shape index (κ2) is 10.1. The molecule has 0 bridgehead atoms. The molecule has 0 spiro atoms. The van der Waals surface area contributed by atoms with Gasteiger partial charge < -0.3 is 14.7 Å². The zero-order valence-electron chi connectivity index (χ0n) is 21.3. The Morgan fingerprint density at radius 3 is 1.50 bits per heavy atom. The van der Waals surface area contributed by atoms with Crippen molar-refractivity contribution in [3.05, 3.63) is 144 Å². The van der Waals surface area contributed by atoms with E-state index >= 15 is 0 Å². The molecule has 0 aliphatic heterocycles. The van der Waals surface area contributed by atoms with Crippen molar-refractivity contribution in [3.63, 3.8) is 0 Å². The minimum Gasteiger partial charge on any atom is -0.402 e. The van der Waals surface area contributed by atoms with E-state index in [2.05, 4.69) is 91.9 Å². The largest absolute Gasteiger partial charge is 0.634 e. The van der Waals surface area contributed by atoms with Crippen LogP contribution in [0.4, 0.5) is 0 Å². The Balaban J connectivity index is 1.80. The average molecular weight is 496 g/mol. The van der Waals surface area contributed by atoms with E-state index in [1.165, 1.54) is 0 Å². The summed E-state index contributed by atoms with van der Waals surface area (Å²) in [5.41, 5.74) is 1.70. The van der Waals surface area contributed by atoms with Crippen LogP contribution in [-0.4, -0.2) is 17.4 Å². The van der Waals surface area contributed by atoms with Crippen molar-refractivity contribution in [2.45, 2.75) is 24.9 Å². The zero-order valence-corrected chi connectivity index (χ0v) is 21.3. The molecule has 4 heteroatoms. The van der Waals surface area contributed by atoms with Crippen molar-refractivity contribution < 1.29 is 14.7 Å². The van der Waals surface area contributed by atoms with Gasteiger partial charge in [0, 0.05) is 5.92 Å². The summed E-state index contributed by atoms with van der Waals surface area (Å²) < 4.78 is 6.49. The molecule has 0 fully saturated rings. The number of hydrogen-bond acceptors (Lipinski definition) is 3. The molecule has 0 aromatic heterocycles. The normalized spacial score (nSPS) is 12.7. The van der Waals surface area contributed by atoms with Crippen LogP contribution < -0.4 is 0 Å². The summed E-state index contributed by atoms with van der Waals surface area (Å²) in [6.45, 7) is 2.14. The van der Waals surface area contributed by atoms with Gasteiger partial charge in [-0.3, -0.25) is 0 Å². The Labute approximate surface area is 223 Å². The van der Waals surface area contributed by atoms with Crippen LogP contribution in [0.3, 0.4) is 0 Å². The average Bonchev–Trinajstić information content (AvgIpc) is 2.96. The summed E-state index contributed by atoms with van der Waals surface area (Å²) >= 11 is 0. The SMILES string of the molecule is CCC(c1cccc2ccccc12)C(OB(O)O)(c1cccc2ccccc12)c1cccc2ccccc12. The van der Waals surface area contributed by atoms with Crippen molar-refractivity contribution >= 4 is 39.6 Å². The Morgan fingerprint density at radius 1 is 0.579 bits per heavy atom. The molecule has 0 aliphatic carbocycles. The van der Waals surface area contributed by atoms with E-state index in [9.17, 15) is 10.0 Å². The van der Waals surface area contributed by atoms with Crippen LogP contribution in [0.5, 0.6) is 0 Å². The van der Waals surface area contributed by atoms with Gasteiger partial charge in [-0.2, -0.15) is 0 Å².